The third-order valence-corrected chi connectivity index (χ3v) is 6.05. The van der Waals surface area contributed by atoms with E-state index in [9.17, 15) is 9.59 Å². The number of benzene rings is 1. The molecule has 26 heavy (non-hydrogen) atoms. The van der Waals surface area contributed by atoms with Crippen molar-refractivity contribution < 1.29 is 4.79 Å². The molecule has 1 aromatic carbocycles. The summed E-state index contributed by atoms with van der Waals surface area (Å²) in [5.41, 5.74) is 3.34. The van der Waals surface area contributed by atoms with Gasteiger partial charge in [-0.15, -0.1) is 11.3 Å². The molecule has 0 spiro atoms. The van der Waals surface area contributed by atoms with Gasteiger partial charge in [0.1, 0.15) is 6.54 Å². The highest BCUT2D eigenvalue weighted by molar-refractivity contribution is 7.10. The van der Waals surface area contributed by atoms with Crippen LogP contribution in [0.3, 0.4) is 0 Å². The summed E-state index contributed by atoms with van der Waals surface area (Å²) >= 11 is 1.85. The van der Waals surface area contributed by atoms with Crippen LogP contribution in [0.2, 0.25) is 0 Å². The minimum absolute atomic E-state index is 0.00158. The minimum Gasteiger partial charge on any atom is -0.354 e. The molecule has 1 aliphatic rings. The molecule has 1 amide bonds. The van der Waals surface area contributed by atoms with Crippen molar-refractivity contribution in [3.05, 3.63) is 62.3 Å². The number of fused-ring (bicyclic) bond motifs is 2. The number of amides is 1. The SMILES string of the molecule is O=C(Cn1cnc2ccccc2c1=O)NCCc1csc2c1CCCC2. The van der Waals surface area contributed by atoms with Gasteiger partial charge in [-0.3, -0.25) is 14.2 Å². The molecule has 2 heterocycles. The van der Waals surface area contributed by atoms with Gasteiger partial charge in [0.2, 0.25) is 5.91 Å². The van der Waals surface area contributed by atoms with Crippen LogP contribution in [0.1, 0.15) is 28.8 Å². The summed E-state index contributed by atoms with van der Waals surface area (Å²) in [6, 6.07) is 7.17. The molecule has 6 heteroatoms. The second-order valence-electron chi connectivity index (χ2n) is 6.66. The van der Waals surface area contributed by atoms with Gasteiger partial charge in [0.05, 0.1) is 17.2 Å². The van der Waals surface area contributed by atoms with E-state index in [1.54, 1.807) is 18.2 Å². The topological polar surface area (TPSA) is 64.0 Å². The normalized spacial score (nSPS) is 13.5. The number of carbonyl (C=O) groups is 1. The van der Waals surface area contributed by atoms with Gasteiger partial charge < -0.3 is 5.32 Å². The number of para-hydroxylation sites is 1. The number of nitrogens with zero attached hydrogens (tertiary/aromatic N) is 2. The molecule has 0 radical (unpaired) electrons. The van der Waals surface area contributed by atoms with E-state index in [1.807, 2.05) is 17.4 Å². The van der Waals surface area contributed by atoms with Crippen LogP contribution in [0.5, 0.6) is 0 Å². The van der Waals surface area contributed by atoms with Gasteiger partial charge in [-0.05, 0) is 60.7 Å². The molecule has 1 aliphatic carbocycles. The number of aromatic nitrogens is 2. The smallest absolute Gasteiger partial charge is 0.261 e. The second kappa shape index (κ2) is 7.41. The van der Waals surface area contributed by atoms with Crippen molar-refractivity contribution in [1.29, 1.82) is 0 Å². The Balaban J connectivity index is 1.37. The van der Waals surface area contributed by atoms with Crippen molar-refractivity contribution in [3.8, 4) is 0 Å². The van der Waals surface area contributed by atoms with Gasteiger partial charge >= 0.3 is 0 Å². The van der Waals surface area contributed by atoms with Crippen molar-refractivity contribution in [2.75, 3.05) is 6.54 Å². The predicted octanol–water partition coefficient (Wildman–Crippen LogP) is 2.70. The molecule has 0 atom stereocenters. The van der Waals surface area contributed by atoms with E-state index in [2.05, 4.69) is 15.7 Å². The number of nitrogens with one attached hydrogen (secondary N) is 1. The van der Waals surface area contributed by atoms with Crippen molar-refractivity contribution in [3.63, 3.8) is 0 Å². The molecule has 0 bridgehead atoms. The Morgan fingerprint density at radius 1 is 1.23 bits per heavy atom. The molecule has 5 nitrogen and oxygen atoms in total. The lowest BCUT2D eigenvalue weighted by Crippen LogP contribution is -2.33. The first-order valence-electron chi connectivity index (χ1n) is 9.01. The number of rotatable bonds is 5. The molecule has 0 fully saturated rings. The third-order valence-electron chi connectivity index (χ3n) is 4.91. The van der Waals surface area contributed by atoms with Crippen molar-refractivity contribution >= 4 is 28.1 Å². The van der Waals surface area contributed by atoms with E-state index in [4.69, 9.17) is 0 Å². The van der Waals surface area contributed by atoms with Gasteiger partial charge in [-0.2, -0.15) is 0 Å². The maximum Gasteiger partial charge on any atom is 0.261 e. The monoisotopic (exact) mass is 367 g/mol. The first kappa shape index (κ1) is 17.0. The lowest BCUT2D eigenvalue weighted by molar-refractivity contribution is -0.121. The Labute approximate surface area is 155 Å². The van der Waals surface area contributed by atoms with Gasteiger partial charge in [0, 0.05) is 11.4 Å². The first-order chi connectivity index (χ1) is 12.7. The van der Waals surface area contributed by atoms with Gasteiger partial charge in [0.15, 0.2) is 0 Å². The molecule has 0 saturated heterocycles. The fraction of sp³-hybridized carbons (Fsp3) is 0.350. The average Bonchev–Trinajstić information content (AvgIpc) is 3.08. The Bertz CT molecular complexity index is 1010. The lowest BCUT2D eigenvalue weighted by Gasteiger charge is -2.13. The maximum atomic E-state index is 12.4. The Kier molecular flexibility index (Phi) is 4.84. The molecule has 3 aromatic rings. The molecule has 4 rings (SSSR count). The van der Waals surface area contributed by atoms with Gasteiger partial charge in [-0.25, -0.2) is 4.98 Å². The highest BCUT2D eigenvalue weighted by atomic mass is 32.1. The maximum absolute atomic E-state index is 12.4. The molecule has 0 unspecified atom stereocenters. The molecule has 0 saturated carbocycles. The van der Waals surface area contributed by atoms with Crippen LogP contribution in [-0.4, -0.2) is 22.0 Å². The number of hydrogen-bond acceptors (Lipinski definition) is 4. The highest BCUT2D eigenvalue weighted by Crippen LogP contribution is 2.30. The molecular formula is C20H21N3O2S. The van der Waals surface area contributed by atoms with E-state index < -0.39 is 0 Å². The summed E-state index contributed by atoms with van der Waals surface area (Å²) in [5.74, 6) is -0.159. The van der Waals surface area contributed by atoms with E-state index >= 15 is 0 Å². The van der Waals surface area contributed by atoms with Crippen LogP contribution in [0, 0.1) is 0 Å². The molecule has 0 aliphatic heterocycles. The summed E-state index contributed by atoms with van der Waals surface area (Å²) in [5, 5.41) is 5.70. The Morgan fingerprint density at radius 2 is 2.08 bits per heavy atom. The zero-order valence-electron chi connectivity index (χ0n) is 14.5. The fourth-order valence-electron chi connectivity index (χ4n) is 3.54. The summed E-state index contributed by atoms with van der Waals surface area (Å²) in [6.45, 7) is 0.593. The largest absolute Gasteiger partial charge is 0.354 e. The Hall–Kier alpha value is -2.47. The van der Waals surface area contributed by atoms with E-state index in [-0.39, 0.29) is 18.0 Å². The van der Waals surface area contributed by atoms with E-state index in [0.29, 0.717) is 17.4 Å². The van der Waals surface area contributed by atoms with Crippen LogP contribution in [0.15, 0.2) is 40.8 Å². The quantitative estimate of drug-likeness (QED) is 0.754. The zero-order valence-corrected chi connectivity index (χ0v) is 15.3. The van der Waals surface area contributed by atoms with Crippen molar-refractivity contribution in [1.82, 2.24) is 14.9 Å². The summed E-state index contributed by atoms with van der Waals surface area (Å²) in [6.07, 6.45) is 7.21. The number of aryl methyl sites for hydroxylation is 1. The van der Waals surface area contributed by atoms with Crippen LogP contribution in [0.4, 0.5) is 0 Å². The Morgan fingerprint density at radius 3 is 3.00 bits per heavy atom. The summed E-state index contributed by atoms with van der Waals surface area (Å²) in [7, 11) is 0. The van der Waals surface area contributed by atoms with Crippen LogP contribution in [-0.2, 0) is 30.6 Å². The lowest BCUT2D eigenvalue weighted by atomic mass is 9.95. The standard InChI is InChI=1S/C20H21N3O2S/c24-19(11-23-13-22-17-7-3-1-6-16(17)20(23)25)21-10-9-14-12-26-18-8-4-2-5-15(14)18/h1,3,6-7,12-13H,2,4-5,8-11H2,(H,21,24). The van der Waals surface area contributed by atoms with Crippen molar-refractivity contribution in [2.45, 2.75) is 38.6 Å². The van der Waals surface area contributed by atoms with Gasteiger partial charge in [-0.1, -0.05) is 12.1 Å². The molecule has 134 valence electrons. The zero-order chi connectivity index (χ0) is 17.9. The summed E-state index contributed by atoms with van der Waals surface area (Å²) in [4.78, 5) is 30.4. The average molecular weight is 367 g/mol. The number of carbonyl (C=O) groups excluding carboxylic acids is 1. The molecule has 2 aromatic heterocycles. The van der Waals surface area contributed by atoms with Crippen molar-refractivity contribution in [2.24, 2.45) is 0 Å². The van der Waals surface area contributed by atoms with E-state index in [0.717, 1.165) is 6.42 Å². The predicted molar refractivity (Wildman–Crippen MR) is 104 cm³/mol. The summed E-state index contributed by atoms with van der Waals surface area (Å²) < 4.78 is 1.37. The third kappa shape index (κ3) is 3.42. The number of hydrogen-bond donors (Lipinski definition) is 1. The van der Waals surface area contributed by atoms with Crippen LogP contribution < -0.4 is 10.9 Å². The highest BCUT2D eigenvalue weighted by Gasteiger charge is 2.15. The first-order valence-corrected chi connectivity index (χ1v) is 9.89. The molecule has 1 N–H and O–H groups in total. The number of thiophene rings is 1. The van der Waals surface area contributed by atoms with Gasteiger partial charge in [0.25, 0.3) is 5.56 Å². The second-order valence-corrected chi connectivity index (χ2v) is 7.63. The molecular weight excluding hydrogens is 346 g/mol. The van der Waals surface area contributed by atoms with Crippen LogP contribution >= 0.6 is 11.3 Å². The van der Waals surface area contributed by atoms with E-state index in [1.165, 1.54) is 52.6 Å². The van der Waals surface area contributed by atoms with Crippen LogP contribution in [0.25, 0.3) is 10.9 Å². The minimum atomic E-state index is -0.183. The fourth-order valence-corrected chi connectivity index (χ4v) is 4.72.